The number of alkyl halides is 3. The van der Waals surface area contributed by atoms with Gasteiger partial charge in [-0.25, -0.2) is 4.68 Å². The van der Waals surface area contributed by atoms with E-state index in [0.717, 1.165) is 11.3 Å². The largest absolute Gasteiger partial charge is 0.471 e. The maximum Gasteiger partial charge on any atom is 0.471 e. The number of anilines is 3. The van der Waals surface area contributed by atoms with Crippen LogP contribution in [0.2, 0.25) is 5.02 Å². The van der Waals surface area contributed by atoms with Crippen molar-refractivity contribution in [2.45, 2.75) is 6.18 Å². The molecular weight excluding hydrogens is 441 g/mol. The van der Waals surface area contributed by atoms with Crippen LogP contribution in [0.5, 0.6) is 0 Å². The summed E-state index contributed by atoms with van der Waals surface area (Å²) in [6.07, 6.45) is -5.00. The van der Waals surface area contributed by atoms with E-state index in [1.54, 1.807) is 35.0 Å². The molecular formula is C23H16ClF3N4O. The Kier molecular flexibility index (Phi) is 5.87. The van der Waals surface area contributed by atoms with Crippen molar-refractivity contribution in [3.05, 3.63) is 90.0 Å². The Balaban J connectivity index is 1.74. The van der Waals surface area contributed by atoms with Crippen LogP contribution in [0.25, 0.3) is 16.9 Å². The zero-order valence-electron chi connectivity index (χ0n) is 16.4. The van der Waals surface area contributed by atoms with Crippen molar-refractivity contribution in [2.24, 2.45) is 0 Å². The third kappa shape index (κ3) is 4.76. The van der Waals surface area contributed by atoms with Crippen LogP contribution < -0.4 is 10.6 Å². The SMILES string of the molecule is O=C(Nc1ccccc1Nc1cc(-c2ccc(Cl)cc2)nn1-c1ccccc1)C(F)(F)F. The van der Waals surface area contributed by atoms with E-state index in [9.17, 15) is 18.0 Å². The van der Waals surface area contributed by atoms with Crippen LogP contribution in [0.3, 0.4) is 0 Å². The zero-order valence-corrected chi connectivity index (χ0v) is 17.2. The van der Waals surface area contributed by atoms with Crippen molar-refractivity contribution in [3.63, 3.8) is 0 Å². The first-order chi connectivity index (χ1) is 15.3. The molecule has 0 unspecified atom stereocenters. The van der Waals surface area contributed by atoms with Crippen molar-refractivity contribution < 1.29 is 18.0 Å². The van der Waals surface area contributed by atoms with Crippen LogP contribution in [0, 0.1) is 0 Å². The second kappa shape index (κ2) is 8.76. The Hall–Kier alpha value is -3.78. The van der Waals surface area contributed by atoms with Crippen molar-refractivity contribution in [1.29, 1.82) is 0 Å². The maximum absolute atomic E-state index is 12.7. The van der Waals surface area contributed by atoms with Gasteiger partial charge in [-0.1, -0.05) is 54.1 Å². The van der Waals surface area contributed by atoms with E-state index in [1.807, 2.05) is 47.8 Å². The van der Waals surface area contributed by atoms with E-state index in [4.69, 9.17) is 11.6 Å². The summed E-state index contributed by atoms with van der Waals surface area (Å²) in [5.74, 6) is -1.56. The molecule has 1 heterocycles. The first kappa shape index (κ1) is 21.5. The van der Waals surface area contributed by atoms with Gasteiger partial charge in [-0.15, -0.1) is 0 Å². The van der Waals surface area contributed by atoms with Crippen molar-refractivity contribution in [2.75, 3.05) is 10.6 Å². The molecule has 0 saturated carbocycles. The molecule has 9 heteroatoms. The van der Waals surface area contributed by atoms with Crippen molar-refractivity contribution >= 4 is 34.7 Å². The molecule has 0 bridgehead atoms. The molecule has 4 rings (SSSR count). The Bertz CT molecular complexity index is 1240. The smallest absolute Gasteiger partial charge is 0.338 e. The second-order valence-corrected chi connectivity index (χ2v) is 7.23. The molecule has 1 aromatic heterocycles. The van der Waals surface area contributed by atoms with E-state index in [1.165, 1.54) is 12.1 Å². The summed E-state index contributed by atoms with van der Waals surface area (Å²) in [6, 6.07) is 24.3. The summed E-state index contributed by atoms with van der Waals surface area (Å²) in [7, 11) is 0. The molecule has 0 aliphatic heterocycles. The molecule has 0 atom stereocenters. The van der Waals surface area contributed by atoms with Crippen LogP contribution in [-0.4, -0.2) is 21.9 Å². The molecule has 5 nitrogen and oxygen atoms in total. The average molecular weight is 457 g/mol. The molecule has 32 heavy (non-hydrogen) atoms. The fourth-order valence-corrected chi connectivity index (χ4v) is 3.16. The number of hydrogen-bond donors (Lipinski definition) is 2. The van der Waals surface area contributed by atoms with E-state index in [2.05, 4.69) is 10.4 Å². The Morgan fingerprint density at radius 3 is 2.16 bits per heavy atom. The van der Waals surface area contributed by atoms with Gasteiger partial charge in [0.15, 0.2) is 0 Å². The lowest BCUT2D eigenvalue weighted by molar-refractivity contribution is -0.167. The molecule has 0 fully saturated rings. The Morgan fingerprint density at radius 1 is 0.875 bits per heavy atom. The van der Waals surface area contributed by atoms with E-state index in [0.29, 0.717) is 16.5 Å². The molecule has 0 saturated heterocycles. The quantitative estimate of drug-likeness (QED) is 0.363. The molecule has 0 aliphatic carbocycles. The summed E-state index contributed by atoms with van der Waals surface area (Å²) in [5.41, 5.74) is 2.45. The second-order valence-electron chi connectivity index (χ2n) is 6.79. The van der Waals surface area contributed by atoms with Gasteiger partial charge in [0.2, 0.25) is 0 Å². The van der Waals surface area contributed by atoms with Gasteiger partial charge in [-0.05, 0) is 36.4 Å². The number of halogens is 4. The van der Waals surface area contributed by atoms with Gasteiger partial charge in [0, 0.05) is 16.7 Å². The number of carbonyl (C=O) groups is 1. The van der Waals surface area contributed by atoms with Crippen molar-refractivity contribution in [3.8, 4) is 16.9 Å². The monoisotopic (exact) mass is 456 g/mol. The number of aromatic nitrogens is 2. The standard InChI is InChI=1S/C23H16ClF3N4O/c24-16-12-10-15(11-13-16)20-14-21(31(30-20)17-6-2-1-3-7-17)28-18-8-4-5-9-19(18)29-22(32)23(25,26)27/h1-14,28H,(H,29,32). The molecule has 0 radical (unpaired) electrons. The molecule has 162 valence electrons. The predicted octanol–water partition coefficient (Wildman–Crippen LogP) is 6.44. The minimum absolute atomic E-state index is 0.0105. The Labute approximate surface area is 186 Å². The fraction of sp³-hybridized carbons (Fsp3) is 0.0435. The highest BCUT2D eigenvalue weighted by atomic mass is 35.5. The zero-order chi connectivity index (χ0) is 22.7. The number of benzene rings is 3. The van der Waals surface area contributed by atoms with Crippen LogP contribution in [0.4, 0.5) is 30.4 Å². The number of hydrogen-bond acceptors (Lipinski definition) is 3. The topological polar surface area (TPSA) is 59.0 Å². The predicted molar refractivity (Wildman–Crippen MR) is 118 cm³/mol. The molecule has 4 aromatic rings. The average Bonchev–Trinajstić information content (AvgIpc) is 3.19. The van der Waals surface area contributed by atoms with Gasteiger partial charge in [-0.2, -0.15) is 18.3 Å². The number of carbonyl (C=O) groups excluding carboxylic acids is 1. The third-order valence-corrected chi connectivity index (χ3v) is 4.80. The van der Waals surface area contributed by atoms with Crippen LogP contribution in [0.15, 0.2) is 84.9 Å². The summed E-state index contributed by atoms with van der Waals surface area (Å²) in [5, 5.41) is 10.2. The van der Waals surface area contributed by atoms with Crippen LogP contribution >= 0.6 is 11.6 Å². The lowest BCUT2D eigenvalue weighted by Gasteiger charge is -2.15. The van der Waals surface area contributed by atoms with Gasteiger partial charge in [0.1, 0.15) is 5.82 Å². The summed E-state index contributed by atoms with van der Waals surface area (Å²) in [4.78, 5) is 11.5. The first-order valence-corrected chi connectivity index (χ1v) is 9.85. The number of amides is 1. The number of para-hydroxylation sites is 3. The van der Waals surface area contributed by atoms with E-state index in [-0.39, 0.29) is 11.4 Å². The van der Waals surface area contributed by atoms with Crippen LogP contribution in [0.1, 0.15) is 0 Å². The first-order valence-electron chi connectivity index (χ1n) is 9.47. The van der Waals surface area contributed by atoms with Crippen molar-refractivity contribution in [1.82, 2.24) is 9.78 Å². The molecule has 2 N–H and O–H groups in total. The Morgan fingerprint density at radius 2 is 1.50 bits per heavy atom. The molecule has 0 spiro atoms. The number of nitrogens with one attached hydrogen (secondary N) is 2. The van der Waals surface area contributed by atoms with Gasteiger partial charge in [-0.3, -0.25) is 4.79 Å². The normalized spacial score (nSPS) is 11.2. The molecule has 3 aromatic carbocycles. The summed E-state index contributed by atoms with van der Waals surface area (Å²) in [6.45, 7) is 0. The summed E-state index contributed by atoms with van der Waals surface area (Å²) < 4.78 is 39.9. The van der Waals surface area contributed by atoms with Gasteiger partial charge >= 0.3 is 12.1 Å². The maximum atomic E-state index is 12.7. The van der Waals surface area contributed by atoms with Crippen LogP contribution in [-0.2, 0) is 4.79 Å². The van der Waals surface area contributed by atoms with Gasteiger partial charge < -0.3 is 10.6 Å². The minimum Gasteiger partial charge on any atom is -0.338 e. The molecule has 1 amide bonds. The highest BCUT2D eigenvalue weighted by Gasteiger charge is 2.39. The lowest BCUT2D eigenvalue weighted by atomic mass is 10.1. The molecule has 0 aliphatic rings. The van der Waals surface area contributed by atoms with Gasteiger partial charge in [0.25, 0.3) is 0 Å². The minimum atomic E-state index is -5.00. The number of rotatable bonds is 5. The summed E-state index contributed by atoms with van der Waals surface area (Å²) >= 11 is 5.98. The fourth-order valence-electron chi connectivity index (χ4n) is 3.03. The lowest BCUT2D eigenvalue weighted by Crippen LogP contribution is -2.30. The van der Waals surface area contributed by atoms with Gasteiger partial charge in [0.05, 0.1) is 22.8 Å². The van der Waals surface area contributed by atoms with E-state index < -0.39 is 12.1 Å². The third-order valence-electron chi connectivity index (χ3n) is 4.55. The highest BCUT2D eigenvalue weighted by Crippen LogP contribution is 2.31. The van der Waals surface area contributed by atoms with E-state index >= 15 is 0 Å². The number of nitrogens with zero attached hydrogens (tertiary/aromatic N) is 2. The highest BCUT2D eigenvalue weighted by molar-refractivity contribution is 6.30.